The number of hydrogen-bond acceptors (Lipinski definition) is 4. The second-order valence-electron chi connectivity index (χ2n) is 4.17. The Morgan fingerprint density at radius 3 is 2.42 bits per heavy atom. The van der Waals surface area contributed by atoms with Gasteiger partial charge in [0, 0.05) is 6.04 Å². The van der Waals surface area contributed by atoms with E-state index in [1.54, 1.807) is 30.5 Å². The van der Waals surface area contributed by atoms with Crippen LogP contribution in [0.4, 0.5) is 0 Å². The molecule has 0 saturated heterocycles. The molecule has 2 N–H and O–H groups in total. The molecule has 0 aliphatic carbocycles. The molecule has 0 unspecified atom stereocenters. The predicted molar refractivity (Wildman–Crippen MR) is 72.7 cm³/mol. The molecule has 1 aromatic carbocycles. The third-order valence-corrected chi connectivity index (χ3v) is 2.80. The minimum absolute atomic E-state index is 0.0380. The molecule has 19 heavy (non-hydrogen) atoms. The van der Waals surface area contributed by atoms with E-state index in [4.69, 9.17) is 15.7 Å². The van der Waals surface area contributed by atoms with Crippen LogP contribution in [-0.2, 0) is 0 Å². The van der Waals surface area contributed by atoms with Crippen LogP contribution in [0.1, 0.15) is 30.6 Å². The average molecular weight is 253 g/mol. The number of nitriles is 1. The molecule has 0 fully saturated rings. The van der Waals surface area contributed by atoms with Gasteiger partial charge < -0.3 is 10.5 Å². The smallest absolute Gasteiger partial charge is 0.145 e. The molecule has 4 heteroatoms. The topological polar surface area (TPSA) is 71.9 Å². The van der Waals surface area contributed by atoms with Gasteiger partial charge in [0.05, 0.1) is 23.5 Å². The third-order valence-electron chi connectivity index (χ3n) is 2.80. The Morgan fingerprint density at radius 2 is 1.89 bits per heavy atom. The van der Waals surface area contributed by atoms with Crippen LogP contribution in [0.25, 0.3) is 0 Å². The zero-order chi connectivity index (χ0) is 13.7. The van der Waals surface area contributed by atoms with Gasteiger partial charge in [-0.1, -0.05) is 6.92 Å². The fourth-order valence-electron chi connectivity index (χ4n) is 1.61. The van der Waals surface area contributed by atoms with Crippen LogP contribution >= 0.6 is 0 Å². The van der Waals surface area contributed by atoms with Gasteiger partial charge in [0.1, 0.15) is 11.5 Å². The Morgan fingerprint density at radius 1 is 1.21 bits per heavy atom. The van der Waals surface area contributed by atoms with Gasteiger partial charge in [-0.25, -0.2) is 0 Å². The van der Waals surface area contributed by atoms with E-state index in [2.05, 4.69) is 11.1 Å². The standard InChI is InChI=1S/C15H15N3O/c1-2-14(17)15-8-7-13(10-18-15)19-12-5-3-11(9-16)4-6-12/h3-8,10,14H,2,17H2,1H3/t14-/m1/s1. The molecule has 0 bridgehead atoms. The first-order valence-corrected chi connectivity index (χ1v) is 6.12. The Labute approximate surface area is 112 Å². The molecule has 2 aromatic rings. The number of hydrogen-bond donors (Lipinski definition) is 1. The summed E-state index contributed by atoms with van der Waals surface area (Å²) in [5.41, 5.74) is 7.36. The second-order valence-corrected chi connectivity index (χ2v) is 4.17. The normalized spacial score (nSPS) is 11.6. The molecule has 0 amide bonds. The lowest BCUT2D eigenvalue weighted by atomic mass is 10.1. The average Bonchev–Trinajstić information content (AvgIpc) is 2.48. The first kappa shape index (κ1) is 13.1. The SMILES string of the molecule is CC[C@@H](N)c1ccc(Oc2ccc(C#N)cc2)cn1. The van der Waals surface area contributed by atoms with Crippen molar-refractivity contribution in [1.82, 2.24) is 4.98 Å². The summed E-state index contributed by atoms with van der Waals surface area (Å²) in [6.07, 6.45) is 2.51. The largest absolute Gasteiger partial charge is 0.456 e. The first-order valence-electron chi connectivity index (χ1n) is 6.12. The van der Waals surface area contributed by atoms with Crippen LogP contribution in [0.5, 0.6) is 11.5 Å². The van der Waals surface area contributed by atoms with Crippen molar-refractivity contribution in [1.29, 1.82) is 5.26 Å². The van der Waals surface area contributed by atoms with Gasteiger partial charge in [-0.2, -0.15) is 5.26 Å². The molecule has 1 atom stereocenters. The molecule has 0 aliphatic rings. The Kier molecular flexibility index (Phi) is 4.11. The summed E-state index contributed by atoms with van der Waals surface area (Å²) < 4.78 is 5.63. The molecule has 0 aliphatic heterocycles. The molecule has 96 valence electrons. The summed E-state index contributed by atoms with van der Waals surface area (Å²) in [6.45, 7) is 2.02. The van der Waals surface area contributed by atoms with Gasteiger partial charge in [-0.05, 0) is 42.8 Å². The summed E-state index contributed by atoms with van der Waals surface area (Å²) >= 11 is 0. The second kappa shape index (κ2) is 5.98. The molecule has 1 aromatic heterocycles. The fraction of sp³-hybridized carbons (Fsp3) is 0.200. The van der Waals surface area contributed by atoms with E-state index in [1.165, 1.54) is 0 Å². The highest BCUT2D eigenvalue weighted by Crippen LogP contribution is 2.22. The highest BCUT2D eigenvalue weighted by atomic mass is 16.5. The number of pyridine rings is 1. The van der Waals surface area contributed by atoms with Crippen LogP contribution in [-0.4, -0.2) is 4.98 Å². The molecular formula is C15H15N3O. The highest BCUT2D eigenvalue weighted by molar-refractivity contribution is 5.37. The number of nitrogens with two attached hydrogens (primary N) is 1. The number of benzene rings is 1. The van der Waals surface area contributed by atoms with Crippen molar-refractivity contribution in [2.24, 2.45) is 5.73 Å². The fourth-order valence-corrected chi connectivity index (χ4v) is 1.61. The zero-order valence-electron chi connectivity index (χ0n) is 10.7. The monoisotopic (exact) mass is 253 g/mol. The van der Waals surface area contributed by atoms with Crippen LogP contribution in [0, 0.1) is 11.3 Å². The van der Waals surface area contributed by atoms with Crippen molar-refractivity contribution < 1.29 is 4.74 Å². The number of ether oxygens (including phenoxy) is 1. The molecule has 0 spiro atoms. The lowest BCUT2D eigenvalue weighted by Gasteiger charge is -2.09. The summed E-state index contributed by atoms with van der Waals surface area (Å²) in [6, 6.07) is 12.7. The van der Waals surface area contributed by atoms with E-state index >= 15 is 0 Å². The van der Waals surface area contributed by atoms with E-state index in [-0.39, 0.29) is 6.04 Å². The van der Waals surface area contributed by atoms with E-state index in [1.807, 2.05) is 19.1 Å². The van der Waals surface area contributed by atoms with Crippen molar-refractivity contribution in [3.8, 4) is 17.6 Å². The molecule has 1 heterocycles. The maximum Gasteiger partial charge on any atom is 0.145 e. The summed E-state index contributed by atoms with van der Waals surface area (Å²) in [5.74, 6) is 1.32. The maximum atomic E-state index is 8.71. The van der Waals surface area contributed by atoms with Crippen molar-refractivity contribution in [2.45, 2.75) is 19.4 Å². The molecule has 4 nitrogen and oxygen atoms in total. The quantitative estimate of drug-likeness (QED) is 0.908. The van der Waals surface area contributed by atoms with Gasteiger partial charge in [0.25, 0.3) is 0 Å². The Hall–Kier alpha value is -2.38. The van der Waals surface area contributed by atoms with Gasteiger partial charge in [0.15, 0.2) is 0 Å². The van der Waals surface area contributed by atoms with E-state index in [0.29, 0.717) is 17.1 Å². The molecule has 2 rings (SSSR count). The molecule has 0 radical (unpaired) electrons. The minimum atomic E-state index is -0.0380. The van der Waals surface area contributed by atoms with Crippen LogP contribution in [0.15, 0.2) is 42.6 Å². The highest BCUT2D eigenvalue weighted by Gasteiger charge is 2.05. The Bertz CT molecular complexity index is 570. The van der Waals surface area contributed by atoms with Crippen molar-refractivity contribution in [3.05, 3.63) is 53.9 Å². The molecule has 0 saturated carbocycles. The van der Waals surface area contributed by atoms with Crippen LogP contribution in [0.2, 0.25) is 0 Å². The lowest BCUT2D eigenvalue weighted by Crippen LogP contribution is -2.10. The van der Waals surface area contributed by atoms with Gasteiger partial charge in [0.2, 0.25) is 0 Å². The number of aromatic nitrogens is 1. The summed E-state index contributed by atoms with van der Waals surface area (Å²) in [7, 11) is 0. The van der Waals surface area contributed by atoms with Crippen molar-refractivity contribution >= 4 is 0 Å². The number of nitrogens with zero attached hydrogens (tertiary/aromatic N) is 2. The van der Waals surface area contributed by atoms with E-state index < -0.39 is 0 Å². The minimum Gasteiger partial charge on any atom is -0.456 e. The van der Waals surface area contributed by atoms with Crippen LogP contribution < -0.4 is 10.5 Å². The zero-order valence-corrected chi connectivity index (χ0v) is 10.7. The third kappa shape index (κ3) is 3.30. The van der Waals surface area contributed by atoms with Crippen molar-refractivity contribution in [3.63, 3.8) is 0 Å². The summed E-state index contributed by atoms with van der Waals surface area (Å²) in [5, 5.41) is 8.71. The molecular weight excluding hydrogens is 238 g/mol. The number of rotatable bonds is 4. The van der Waals surface area contributed by atoms with E-state index in [9.17, 15) is 0 Å². The lowest BCUT2D eigenvalue weighted by molar-refractivity contribution is 0.479. The Balaban J connectivity index is 2.08. The maximum absolute atomic E-state index is 8.71. The first-order chi connectivity index (χ1) is 9.22. The predicted octanol–water partition coefficient (Wildman–Crippen LogP) is 3.16. The van der Waals surface area contributed by atoms with Crippen LogP contribution in [0.3, 0.4) is 0 Å². The summed E-state index contributed by atoms with van der Waals surface area (Å²) in [4.78, 5) is 4.28. The van der Waals surface area contributed by atoms with Gasteiger partial charge >= 0.3 is 0 Å². The van der Waals surface area contributed by atoms with Crippen molar-refractivity contribution in [2.75, 3.05) is 0 Å². The van der Waals surface area contributed by atoms with Gasteiger partial charge in [-0.15, -0.1) is 0 Å². The van der Waals surface area contributed by atoms with Gasteiger partial charge in [-0.3, -0.25) is 4.98 Å². The van der Waals surface area contributed by atoms with E-state index in [0.717, 1.165) is 12.1 Å².